The highest BCUT2D eigenvalue weighted by molar-refractivity contribution is 5.96. The first-order chi connectivity index (χ1) is 7.65. The molecule has 0 saturated carbocycles. The molecule has 88 valence electrons. The highest BCUT2D eigenvalue weighted by atomic mass is 16.2. The highest BCUT2D eigenvalue weighted by Gasteiger charge is 2.16. The number of carbonyl (C=O) groups is 1. The summed E-state index contributed by atoms with van der Waals surface area (Å²) in [6.45, 7) is 9.74. The normalized spacial score (nSPS) is 10.2. The zero-order chi connectivity index (χ0) is 12.1. The van der Waals surface area contributed by atoms with Crippen LogP contribution >= 0.6 is 0 Å². The van der Waals surface area contributed by atoms with E-state index in [2.05, 4.69) is 19.9 Å². The van der Waals surface area contributed by atoms with Crippen LogP contribution in [-0.2, 0) is 6.42 Å². The van der Waals surface area contributed by atoms with Crippen molar-refractivity contribution in [2.75, 3.05) is 13.1 Å². The van der Waals surface area contributed by atoms with Gasteiger partial charge in [-0.2, -0.15) is 0 Å². The van der Waals surface area contributed by atoms with Crippen LogP contribution in [0.1, 0.15) is 42.3 Å². The van der Waals surface area contributed by atoms with Crippen molar-refractivity contribution in [2.24, 2.45) is 0 Å². The Morgan fingerprint density at radius 1 is 1.19 bits per heavy atom. The lowest BCUT2D eigenvalue weighted by atomic mass is 9.99. The lowest BCUT2D eigenvalue weighted by molar-refractivity contribution is 0.0772. The van der Waals surface area contributed by atoms with Crippen LogP contribution in [0.3, 0.4) is 0 Å². The first-order valence-electron chi connectivity index (χ1n) is 6.03. The van der Waals surface area contributed by atoms with Crippen LogP contribution in [0.2, 0.25) is 0 Å². The number of benzene rings is 1. The van der Waals surface area contributed by atoms with Crippen molar-refractivity contribution < 1.29 is 4.79 Å². The first-order valence-corrected chi connectivity index (χ1v) is 6.03. The number of hydrogen-bond donors (Lipinski definition) is 0. The van der Waals surface area contributed by atoms with Crippen molar-refractivity contribution in [1.82, 2.24) is 4.90 Å². The van der Waals surface area contributed by atoms with E-state index in [1.807, 2.05) is 30.9 Å². The molecule has 0 spiro atoms. The molecule has 1 amide bonds. The van der Waals surface area contributed by atoms with E-state index >= 15 is 0 Å². The number of amides is 1. The number of nitrogens with zero attached hydrogens (tertiary/aromatic N) is 1. The van der Waals surface area contributed by atoms with E-state index in [0.717, 1.165) is 25.1 Å². The molecule has 0 radical (unpaired) electrons. The molecule has 0 aromatic heterocycles. The van der Waals surface area contributed by atoms with Gasteiger partial charge in [-0.25, -0.2) is 0 Å². The van der Waals surface area contributed by atoms with Gasteiger partial charge in [0, 0.05) is 18.7 Å². The van der Waals surface area contributed by atoms with Crippen LogP contribution in [-0.4, -0.2) is 23.9 Å². The van der Waals surface area contributed by atoms with Crippen LogP contribution in [0.15, 0.2) is 18.2 Å². The van der Waals surface area contributed by atoms with Crippen molar-refractivity contribution in [3.05, 3.63) is 34.9 Å². The van der Waals surface area contributed by atoms with Crippen LogP contribution in [0, 0.1) is 6.92 Å². The van der Waals surface area contributed by atoms with E-state index in [9.17, 15) is 4.79 Å². The van der Waals surface area contributed by atoms with Crippen LogP contribution < -0.4 is 0 Å². The van der Waals surface area contributed by atoms with Crippen LogP contribution in [0.25, 0.3) is 0 Å². The van der Waals surface area contributed by atoms with Gasteiger partial charge in [-0.15, -0.1) is 0 Å². The summed E-state index contributed by atoms with van der Waals surface area (Å²) in [7, 11) is 0. The van der Waals surface area contributed by atoms with E-state index < -0.39 is 0 Å². The largest absolute Gasteiger partial charge is 0.339 e. The third-order valence-electron chi connectivity index (χ3n) is 3.04. The molecule has 0 N–H and O–H groups in total. The Morgan fingerprint density at radius 2 is 1.81 bits per heavy atom. The van der Waals surface area contributed by atoms with Crippen LogP contribution in [0.5, 0.6) is 0 Å². The molecule has 0 unspecified atom stereocenters. The highest BCUT2D eigenvalue weighted by Crippen LogP contribution is 2.16. The standard InChI is InChI=1S/C14H21NO/c1-5-12-11(4)9-8-10-13(12)14(16)15(6-2)7-3/h8-10H,5-7H2,1-4H3. The Bertz CT molecular complexity index is 367. The van der Waals surface area contributed by atoms with Gasteiger partial charge in [-0.3, -0.25) is 4.79 Å². The van der Waals surface area contributed by atoms with Gasteiger partial charge in [0.2, 0.25) is 0 Å². The molecule has 0 heterocycles. The number of rotatable bonds is 4. The smallest absolute Gasteiger partial charge is 0.254 e. The monoisotopic (exact) mass is 219 g/mol. The third-order valence-corrected chi connectivity index (χ3v) is 3.04. The van der Waals surface area contributed by atoms with Gasteiger partial charge in [0.15, 0.2) is 0 Å². The Hall–Kier alpha value is -1.31. The molecular formula is C14H21NO. The van der Waals surface area contributed by atoms with E-state index in [-0.39, 0.29) is 5.91 Å². The van der Waals surface area contributed by atoms with Crippen molar-refractivity contribution in [3.63, 3.8) is 0 Å². The van der Waals surface area contributed by atoms with Gasteiger partial charge in [0.1, 0.15) is 0 Å². The summed E-state index contributed by atoms with van der Waals surface area (Å²) in [5.41, 5.74) is 3.26. The molecule has 0 aliphatic carbocycles. The second-order valence-electron chi connectivity index (χ2n) is 3.93. The van der Waals surface area contributed by atoms with Gasteiger partial charge in [0.05, 0.1) is 0 Å². The molecule has 0 fully saturated rings. The summed E-state index contributed by atoms with van der Waals surface area (Å²) < 4.78 is 0. The van der Waals surface area contributed by atoms with E-state index in [1.54, 1.807) is 0 Å². The third kappa shape index (κ3) is 2.43. The molecule has 0 saturated heterocycles. The average molecular weight is 219 g/mol. The second kappa shape index (κ2) is 5.69. The molecule has 0 atom stereocenters. The van der Waals surface area contributed by atoms with Crippen molar-refractivity contribution in [3.8, 4) is 0 Å². The van der Waals surface area contributed by atoms with Gasteiger partial charge in [-0.1, -0.05) is 19.1 Å². The fourth-order valence-corrected chi connectivity index (χ4v) is 2.05. The summed E-state index contributed by atoms with van der Waals surface area (Å²) >= 11 is 0. The summed E-state index contributed by atoms with van der Waals surface area (Å²) in [6.07, 6.45) is 0.912. The predicted molar refractivity (Wildman–Crippen MR) is 67.8 cm³/mol. The summed E-state index contributed by atoms with van der Waals surface area (Å²) in [5.74, 6) is 0.158. The summed E-state index contributed by atoms with van der Waals surface area (Å²) in [6, 6.07) is 5.97. The van der Waals surface area contributed by atoms with E-state index in [0.29, 0.717) is 0 Å². The molecule has 1 rings (SSSR count). The molecule has 1 aromatic carbocycles. The first kappa shape index (κ1) is 12.8. The lowest BCUT2D eigenvalue weighted by Gasteiger charge is -2.20. The predicted octanol–water partition coefficient (Wildman–Crippen LogP) is 3.04. The SMILES string of the molecule is CCc1c(C)cccc1C(=O)N(CC)CC. The summed E-state index contributed by atoms with van der Waals surface area (Å²) in [4.78, 5) is 14.1. The van der Waals surface area contributed by atoms with Gasteiger partial charge in [-0.05, 0) is 44.4 Å². The van der Waals surface area contributed by atoms with Gasteiger partial charge in [0.25, 0.3) is 5.91 Å². The van der Waals surface area contributed by atoms with Gasteiger partial charge < -0.3 is 4.90 Å². The quantitative estimate of drug-likeness (QED) is 0.762. The van der Waals surface area contributed by atoms with Crippen molar-refractivity contribution in [2.45, 2.75) is 34.1 Å². The van der Waals surface area contributed by atoms with Crippen LogP contribution in [0.4, 0.5) is 0 Å². The number of carbonyl (C=O) groups excluding carboxylic acids is 1. The maximum atomic E-state index is 12.3. The minimum absolute atomic E-state index is 0.158. The van der Waals surface area contributed by atoms with Gasteiger partial charge >= 0.3 is 0 Å². The minimum atomic E-state index is 0.158. The molecule has 0 aliphatic heterocycles. The Kier molecular flexibility index (Phi) is 4.53. The average Bonchev–Trinajstić information content (AvgIpc) is 2.30. The fraction of sp³-hybridized carbons (Fsp3) is 0.500. The van der Waals surface area contributed by atoms with Crippen molar-refractivity contribution in [1.29, 1.82) is 0 Å². The zero-order valence-electron chi connectivity index (χ0n) is 10.7. The second-order valence-corrected chi connectivity index (χ2v) is 3.93. The molecule has 0 aliphatic rings. The Balaban J connectivity index is 3.12. The topological polar surface area (TPSA) is 20.3 Å². The number of aryl methyl sites for hydroxylation is 1. The lowest BCUT2D eigenvalue weighted by Crippen LogP contribution is -2.31. The maximum Gasteiger partial charge on any atom is 0.254 e. The maximum absolute atomic E-state index is 12.3. The van der Waals surface area contributed by atoms with Crippen molar-refractivity contribution >= 4 is 5.91 Å². The molecule has 2 nitrogen and oxygen atoms in total. The molecule has 16 heavy (non-hydrogen) atoms. The molecular weight excluding hydrogens is 198 g/mol. The fourth-order valence-electron chi connectivity index (χ4n) is 2.05. The van der Waals surface area contributed by atoms with E-state index in [1.165, 1.54) is 11.1 Å². The minimum Gasteiger partial charge on any atom is -0.339 e. The number of hydrogen-bond acceptors (Lipinski definition) is 1. The summed E-state index contributed by atoms with van der Waals surface area (Å²) in [5, 5.41) is 0. The molecule has 0 bridgehead atoms. The molecule has 1 aromatic rings. The Labute approximate surface area is 98.3 Å². The zero-order valence-corrected chi connectivity index (χ0v) is 10.7. The van der Waals surface area contributed by atoms with E-state index in [4.69, 9.17) is 0 Å². The Morgan fingerprint density at radius 3 is 2.31 bits per heavy atom. The molecule has 2 heteroatoms.